The molecule has 1 aromatic rings. The Balaban J connectivity index is 2.42. The lowest BCUT2D eigenvalue weighted by molar-refractivity contribution is -0.120. The van der Waals surface area contributed by atoms with Crippen LogP contribution < -0.4 is 16.4 Å². The molecule has 17 heavy (non-hydrogen) atoms. The zero-order valence-corrected chi connectivity index (χ0v) is 9.69. The van der Waals surface area contributed by atoms with Crippen LogP contribution in [0.2, 0.25) is 0 Å². The van der Waals surface area contributed by atoms with Crippen LogP contribution in [-0.4, -0.2) is 29.9 Å². The highest BCUT2D eigenvalue weighted by Gasteiger charge is 2.08. The molecule has 4 N–H and O–H groups in total. The highest BCUT2D eigenvalue weighted by atomic mass is 16.2. The summed E-state index contributed by atoms with van der Waals surface area (Å²) in [6.07, 6.45) is 2.30. The van der Waals surface area contributed by atoms with Gasteiger partial charge in [0.15, 0.2) is 0 Å². The van der Waals surface area contributed by atoms with Gasteiger partial charge in [0, 0.05) is 18.4 Å². The zero-order valence-electron chi connectivity index (χ0n) is 9.69. The molecular weight excluding hydrogens is 220 g/mol. The van der Waals surface area contributed by atoms with E-state index < -0.39 is 5.91 Å². The Bertz CT molecular complexity index is 406. The molecule has 0 saturated heterocycles. The van der Waals surface area contributed by atoms with E-state index in [9.17, 15) is 9.59 Å². The monoisotopic (exact) mass is 236 g/mol. The maximum atomic E-state index is 11.6. The van der Waals surface area contributed by atoms with E-state index >= 15 is 0 Å². The Kier molecular flexibility index (Phi) is 4.93. The van der Waals surface area contributed by atoms with Crippen LogP contribution in [0.25, 0.3) is 0 Å². The van der Waals surface area contributed by atoms with Gasteiger partial charge in [0.1, 0.15) is 5.69 Å². The van der Waals surface area contributed by atoms with Crippen LogP contribution in [0.3, 0.4) is 0 Å². The maximum Gasteiger partial charge on any atom is 0.270 e. The van der Waals surface area contributed by atoms with E-state index in [2.05, 4.69) is 15.6 Å². The fourth-order valence-corrected chi connectivity index (χ4v) is 1.15. The highest BCUT2D eigenvalue weighted by Crippen LogP contribution is 2.02. The highest BCUT2D eigenvalue weighted by molar-refractivity contribution is 5.95. The van der Waals surface area contributed by atoms with Gasteiger partial charge in [0.05, 0.1) is 6.54 Å². The van der Waals surface area contributed by atoms with Crippen molar-refractivity contribution in [2.45, 2.75) is 13.3 Å². The Morgan fingerprint density at radius 3 is 2.82 bits per heavy atom. The molecule has 0 radical (unpaired) electrons. The molecule has 0 aliphatic rings. The average Bonchev–Trinajstić information content (AvgIpc) is 2.33. The van der Waals surface area contributed by atoms with Gasteiger partial charge in [-0.2, -0.15) is 0 Å². The first-order valence-electron chi connectivity index (χ1n) is 5.40. The fourth-order valence-electron chi connectivity index (χ4n) is 1.15. The van der Waals surface area contributed by atoms with E-state index in [1.54, 1.807) is 6.07 Å². The van der Waals surface area contributed by atoms with Crippen molar-refractivity contribution in [3.8, 4) is 0 Å². The lowest BCUT2D eigenvalue weighted by atomic mass is 10.3. The molecule has 0 saturated carbocycles. The van der Waals surface area contributed by atoms with Crippen LogP contribution in [0.5, 0.6) is 0 Å². The fraction of sp³-hybridized carbons (Fsp3) is 0.364. The molecule has 0 unspecified atom stereocenters. The summed E-state index contributed by atoms with van der Waals surface area (Å²) in [7, 11) is 0. The van der Waals surface area contributed by atoms with Gasteiger partial charge in [-0.05, 0) is 18.6 Å². The van der Waals surface area contributed by atoms with E-state index in [0.29, 0.717) is 12.2 Å². The van der Waals surface area contributed by atoms with E-state index in [4.69, 9.17) is 5.73 Å². The maximum absolute atomic E-state index is 11.6. The van der Waals surface area contributed by atoms with E-state index in [1.165, 1.54) is 12.3 Å². The molecular formula is C11H16N4O2. The molecule has 0 atom stereocenters. The summed E-state index contributed by atoms with van der Waals surface area (Å²) in [5.41, 5.74) is 6.18. The van der Waals surface area contributed by atoms with Crippen molar-refractivity contribution < 1.29 is 9.59 Å². The van der Waals surface area contributed by atoms with Crippen LogP contribution in [0, 0.1) is 0 Å². The number of carbonyl (C=O) groups is 2. The van der Waals surface area contributed by atoms with Crippen molar-refractivity contribution in [3.63, 3.8) is 0 Å². The molecule has 0 spiro atoms. The molecule has 2 amide bonds. The number of hydrogen-bond donors (Lipinski definition) is 3. The van der Waals surface area contributed by atoms with Gasteiger partial charge in [-0.15, -0.1) is 0 Å². The van der Waals surface area contributed by atoms with Gasteiger partial charge < -0.3 is 16.4 Å². The van der Waals surface area contributed by atoms with Crippen molar-refractivity contribution >= 4 is 17.5 Å². The third kappa shape index (κ3) is 4.50. The smallest absolute Gasteiger partial charge is 0.270 e. The normalized spacial score (nSPS) is 9.71. The summed E-state index contributed by atoms with van der Waals surface area (Å²) in [5, 5.41) is 5.12. The van der Waals surface area contributed by atoms with E-state index in [1.807, 2.05) is 6.92 Å². The molecule has 6 nitrogen and oxygen atoms in total. The van der Waals surface area contributed by atoms with Crippen LogP contribution in [-0.2, 0) is 4.79 Å². The number of nitrogens with two attached hydrogens (primary N) is 1. The zero-order chi connectivity index (χ0) is 12.7. The molecule has 0 aliphatic heterocycles. The van der Waals surface area contributed by atoms with Crippen LogP contribution >= 0.6 is 0 Å². The number of anilines is 1. The number of pyridine rings is 1. The molecule has 0 fully saturated rings. The minimum Gasteiger partial charge on any atom is -0.399 e. The van der Waals surface area contributed by atoms with Gasteiger partial charge >= 0.3 is 0 Å². The summed E-state index contributed by atoms with van der Waals surface area (Å²) < 4.78 is 0. The molecule has 1 aromatic heterocycles. The molecule has 0 aliphatic carbocycles. The first-order chi connectivity index (χ1) is 8.13. The number of carbonyl (C=O) groups excluding carboxylic acids is 2. The Morgan fingerprint density at radius 1 is 1.41 bits per heavy atom. The first kappa shape index (κ1) is 13.0. The predicted molar refractivity (Wildman–Crippen MR) is 64.3 cm³/mol. The second-order valence-electron chi connectivity index (χ2n) is 3.51. The molecule has 92 valence electrons. The largest absolute Gasteiger partial charge is 0.399 e. The van der Waals surface area contributed by atoms with E-state index in [0.717, 1.165) is 6.42 Å². The number of nitrogen functional groups attached to an aromatic ring is 1. The van der Waals surface area contributed by atoms with Crippen molar-refractivity contribution in [2.24, 2.45) is 0 Å². The SMILES string of the molecule is CCCNC(=O)CNC(=O)c1cc(N)ccn1. The van der Waals surface area contributed by atoms with Gasteiger partial charge in [0.25, 0.3) is 5.91 Å². The topological polar surface area (TPSA) is 97.1 Å². The summed E-state index contributed by atoms with van der Waals surface area (Å²) in [6.45, 7) is 2.50. The molecule has 0 aromatic carbocycles. The first-order valence-corrected chi connectivity index (χ1v) is 5.40. The summed E-state index contributed by atoms with van der Waals surface area (Å²) in [6, 6.07) is 3.05. The molecule has 1 rings (SSSR count). The second kappa shape index (κ2) is 6.47. The number of hydrogen-bond acceptors (Lipinski definition) is 4. The van der Waals surface area contributed by atoms with Gasteiger partial charge in [-0.3, -0.25) is 14.6 Å². The van der Waals surface area contributed by atoms with E-state index in [-0.39, 0.29) is 18.1 Å². The Hall–Kier alpha value is -2.11. The van der Waals surface area contributed by atoms with Crippen LogP contribution in [0.1, 0.15) is 23.8 Å². The summed E-state index contributed by atoms with van der Waals surface area (Å²) in [4.78, 5) is 26.7. The molecule has 0 bridgehead atoms. The lowest BCUT2D eigenvalue weighted by Crippen LogP contribution is -2.37. The number of aromatic nitrogens is 1. The minimum atomic E-state index is -0.413. The quantitative estimate of drug-likeness (QED) is 0.666. The summed E-state index contributed by atoms with van der Waals surface area (Å²) in [5.74, 6) is -0.631. The molecule has 6 heteroatoms. The van der Waals surface area contributed by atoms with Gasteiger partial charge in [-0.1, -0.05) is 6.92 Å². The number of nitrogens with zero attached hydrogens (tertiary/aromatic N) is 1. The number of nitrogens with one attached hydrogen (secondary N) is 2. The minimum absolute atomic E-state index is 0.0602. The Morgan fingerprint density at radius 2 is 2.18 bits per heavy atom. The summed E-state index contributed by atoms with van der Waals surface area (Å²) >= 11 is 0. The van der Waals surface area contributed by atoms with Crippen molar-refractivity contribution in [2.75, 3.05) is 18.8 Å². The second-order valence-corrected chi connectivity index (χ2v) is 3.51. The lowest BCUT2D eigenvalue weighted by Gasteiger charge is -2.05. The molecule has 1 heterocycles. The third-order valence-electron chi connectivity index (χ3n) is 2.00. The van der Waals surface area contributed by atoms with Gasteiger partial charge in [-0.25, -0.2) is 0 Å². The van der Waals surface area contributed by atoms with Gasteiger partial charge in [0.2, 0.25) is 5.91 Å². The average molecular weight is 236 g/mol. The third-order valence-corrected chi connectivity index (χ3v) is 2.00. The van der Waals surface area contributed by atoms with Crippen molar-refractivity contribution in [1.29, 1.82) is 0 Å². The number of rotatable bonds is 5. The van der Waals surface area contributed by atoms with Crippen LogP contribution in [0.15, 0.2) is 18.3 Å². The Labute approximate surface area is 99.6 Å². The van der Waals surface area contributed by atoms with Crippen LogP contribution in [0.4, 0.5) is 5.69 Å². The van der Waals surface area contributed by atoms with Crippen molar-refractivity contribution in [1.82, 2.24) is 15.6 Å². The standard InChI is InChI=1S/C11H16N4O2/c1-2-4-14-10(16)7-15-11(17)9-6-8(12)3-5-13-9/h3,5-6H,2,4,7H2,1H3,(H2,12,13)(H,14,16)(H,15,17). The van der Waals surface area contributed by atoms with Crippen molar-refractivity contribution in [3.05, 3.63) is 24.0 Å². The number of amides is 2. The predicted octanol–water partition coefficient (Wildman–Crippen LogP) is -0.0802.